The largest absolute Gasteiger partial charge is 0.389 e. The van der Waals surface area contributed by atoms with Gasteiger partial charge in [-0.3, -0.25) is 4.90 Å². The van der Waals surface area contributed by atoms with Crippen LogP contribution in [0.3, 0.4) is 0 Å². The molecule has 19 heavy (non-hydrogen) atoms. The zero-order valence-corrected chi connectivity index (χ0v) is 12.5. The van der Waals surface area contributed by atoms with Crippen LogP contribution in [0, 0.1) is 6.92 Å². The van der Waals surface area contributed by atoms with Gasteiger partial charge in [0, 0.05) is 44.5 Å². The zero-order chi connectivity index (χ0) is 14.0. The second-order valence-corrected chi connectivity index (χ2v) is 6.05. The van der Waals surface area contributed by atoms with E-state index in [0.29, 0.717) is 11.8 Å². The third kappa shape index (κ3) is 4.30. The van der Waals surface area contributed by atoms with Crippen molar-refractivity contribution in [2.24, 2.45) is 0 Å². The molecule has 0 amide bonds. The van der Waals surface area contributed by atoms with Gasteiger partial charge in [0.05, 0.1) is 5.60 Å². The molecule has 1 fully saturated rings. The molecule has 0 atom stereocenters. The van der Waals surface area contributed by atoms with Gasteiger partial charge in [0.15, 0.2) is 0 Å². The lowest BCUT2D eigenvalue weighted by atomic mass is 10.1. The average molecular weight is 285 g/mol. The van der Waals surface area contributed by atoms with Crippen LogP contribution in [0.5, 0.6) is 0 Å². The predicted molar refractivity (Wildman–Crippen MR) is 76.7 cm³/mol. The van der Waals surface area contributed by atoms with Gasteiger partial charge in [0.2, 0.25) is 5.28 Å². The van der Waals surface area contributed by atoms with Crippen LogP contribution in [0.4, 0.5) is 5.82 Å². The lowest BCUT2D eigenvalue weighted by Gasteiger charge is -2.37. The van der Waals surface area contributed by atoms with Gasteiger partial charge in [-0.25, -0.2) is 9.97 Å². The van der Waals surface area contributed by atoms with Crippen molar-refractivity contribution >= 4 is 17.4 Å². The van der Waals surface area contributed by atoms with Crippen molar-refractivity contribution in [3.05, 3.63) is 17.0 Å². The predicted octanol–water partition coefficient (Wildman–Crippen LogP) is 1.33. The minimum absolute atomic E-state index is 0.300. The molecule has 2 rings (SSSR count). The molecule has 0 spiro atoms. The fraction of sp³-hybridized carbons (Fsp3) is 0.692. The highest BCUT2D eigenvalue weighted by Crippen LogP contribution is 2.17. The number of aliphatic hydroxyl groups is 1. The highest BCUT2D eigenvalue weighted by Gasteiger charge is 2.23. The Morgan fingerprint density at radius 2 is 1.89 bits per heavy atom. The van der Waals surface area contributed by atoms with E-state index in [1.165, 1.54) is 0 Å². The molecule has 0 radical (unpaired) electrons. The molecule has 1 aliphatic heterocycles. The summed E-state index contributed by atoms with van der Waals surface area (Å²) in [4.78, 5) is 12.8. The molecule has 0 unspecified atom stereocenters. The van der Waals surface area contributed by atoms with Crippen molar-refractivity contribution in [1.82, 2.24) is 14.9 Å². The third-order valence-corrected chi connectivity index (χ3v) is 3.29. The fourth-order valence-corrected chi connectivity index (χ4v) is 2.58. The van der Waals surface area contributed by atoms with Gasteiger partial charge in [-0.2, -0.15) is 0 Å². The van der Waals surface area contributed by atoms with Crippen molar-refractivity contribution in [1.29, 1.82) is 0 Å². The maximum absolute atomic E-state index is 9.83. The van der Waals surface area contributed by atoms with Crippen LogP contribution < -0.4 is 4.90 Å². The van der Waals surface area contributed by atoms with Crippen LogP contribution >= 0.6 is 11.6 Å². The Kier molecular flexibility index (Phi) is 4.28. The quantitative estimate of drug-likeness (QED) is 0.849. The van der Waals surface area contributed by atoms with Crippen molar-refractivity contribution in [3.8, 4) is 0 Å². The summed E-state index contributed by atoms with van der Waals surface area (Å²) < 4.78 is 0. The number of rotatable bonds is 3. The Bertz CT molecular complexity index is 419. The number of piperazine rings is 1. The number of halogens is 1. The Morgan fingerprint density at radius 1 is 1.26 bits per heavy atom. The lowest BCUT2D eigenvalue weighted by Crippen LogP contribution is -2.50. The van der Waals surface area contributed by atoms with E-state index in [0.717, 1.165) is 37.7 Å². The minimum Gasteiger partial charge on any atom is -0.389 e. The summed E-state index contributed by atoms with van der Waals surface area (Å²) in [6.45, 7) is 9.92. The third-order valence-electron chi connectivity index (χ3n) is 3.12. The number of nitrogens with zero attached hydrogens (tertiary/aromatic N) is 4. The van der Waals surface area contributed by atoms with Crippen molar-refractivity contribution < 1.29 is 5.11 Å². The summed E-state index contributed by atoms with van der Waals surface area (Å²) in [6, 6.07) is 1.96. The molecule has 1 aliphatic rings. The first-order valence-electron chi connectivity index (χ1n) is 6.54. The number of hydrogen-bond donors (Lipinski definition) is 1. The van der Waals surface area contributed by atoms with Gasteiger partial charge >= 0.3 is 0 Å². The first-order valence-corrected chi connectivity index (χ1v) is 6.92. The van der Waals surface area contributed by atoms with Crippen LogP contribution in [-0.4, -0.2) is 58.3 Å². The smallest absolute Gasteiger partial charge is 0.224 e. The van der Waals surface area contributed by atoms with Gasteiger partial charge in [0.1, 0.15) is 5.82 Å². The summed E-state index contributed by atoms with van der Waals surface area (Å²) in [6.07, 6.45) is 0. The van der Waals surface area contributed by atoms with Gasteiger partial charge < -0.3 is 10.0 Å². The van der Waals surface area contributed by atoms with Crippen LogP contribution in [0.25, 0.3) is 0 Å². The molecule has 1 aromatic rings. The van der Waals surface area contributed by atoms with Crippen molar-refractivity contribution in [2.45, 2.75) is 26.4 Å². The molecule has 6 heteroatoms. The van der Waals surface area contributed by atoms with E-state index in [9.17, 15) is 5.11 Å². The lowest BCUT2D eigenvalue weighted by molar-refractivity contribution is 0.0344. The van der Waals surface area contributed by atoms with Crippen LogP contribution in [-0.2, 0) is 0 Å². The van der Waals surface area contributed by atoms with Gasteiger partial charge in [-0.1, -0.05) is 0 Å². The number of aryl methyl sites for hydroxylation is 1. The van der Waals surface area contributed by atoms with Crippen LogP contribution in [0.2, 0.25) is 5.28 Å². The van der Waals surface area contributed by atoms with E-state index >= 15 is 0 Å². The first-order chi connectivity index (χ1) is 8.83. The Balaban J connectivity index is 1.96. The Morgan fingerprint density at radius 3 is 2.42 bits per heavy atom. The topological polar surface area (TPSA) is 52.5 Å². The standard InChI is InChI=1S/C13H21ClN4O/c1-10-8-11(16-12(14)15-10)18-6-4-17(5-7-18)9-13(2,3)19/h8,19H,4-7,9H2,1-3H3. The molecule has 0 bridgehead atoms. The molecule has 106 valence electrons. The molecule has 1 saturated heterocycles. The molecular formula is C13H21ClN4O. The molecule has 1 aromatic heterocycles. The molecule has 0 saturated carbocycles. The second-order valence-electron chi connectivity index (χ2n) is 5.71. The molecule has 0 aliphatic carbocycles. The summed E-state index contributed by atoms with van der Waals surface area (Å²) >= 11 is 5.89. The first kappa shape index (κ1) is 14.5. The molecule has 1 N–H and O–H groups in total. The summed E-state index contributed by atoms with van der Waals surface area (Å²) in [5, 5.41) is 10.1. The number of anilines is 1. The van der Waals surface area contributed by atoms with Crippen molar-refractivity contribution in [2.75, 3.05) is 37.6 Å². The monoisotopic (exact) mass is 284 g/mol. The second kappa shape index (κ2) is 5.61. The minimum atomic E-state index is -0.642. The number of hydrogen-bond acceptors (Lipinski definition) is 5. The van der Waals surface area contributed by atoms with E-state index in [1.54, 1.807) is 0 Å². The Hall–Kier alpha value is -0.910. The summed E-state index contributed by atoms with van der Waals surface area (Å²) in [5.74, 6) is 0.889. The van der Waals surface area contributed by atoms with Crippen LogP contribution in [0.1, 0.15) is 19.5 Å². The SMILES string of the molecule is Cc1cc(N2CCN(CC(C)(C)O)CC2)nc(Cl)n1. The van der Waals surface area contributed by atoms with Gasteiger partial charge in [-0.05, 0) is 32.4 Å². The fourth-order valence-electron chi connectivity index (χ4n) is 2.36. The van der Waals surface area contributed by atoms with E-state index in [-0.39, 0.29) is 0 Å². The maximum atomic E-state index is 9.83. The highest BCUT2D eigenvalue weighted by molar-refractivity contribution is 6.28. The van der Waals surface area contributed by atoms with Crippen molar-refractivity contribution in [3.63, 3.8) is 0 Å². The molecule has 0 aromatic carbocycles. The maximum Gasteiger partial charge on any atom is 0.224 e. The zero-order valence-electron chi connectivity index (χ0n) is 11.7. The molecular weight excluding hydrogens is 264 g/mol. The molecule has 5 nitrogen and oxygen atoms in total. The molecule has 2 heterocycles. The van der Waals surface area contributed by atoms with E-state index in [1.807, 2.05) is 26.8 Å². The summed E-state index contributed by atoms with van der Waals surface area (Å²) in [5.41, 5.74) is 0.241. The highest BCUT2D eigenvalue weighted by atomic mass is 35.5. The van der Waals surface area contributed by atoms with Gasteiger partial charge in [-0.15, -0.1) is 0 Å². The van der Waals surface area contributed by atoms with E-state index in [2.05, 4.69) is 19.8 Å². The van der Waals surface area contributed by atoms with Crippen LogP contribution in [0.15, 0.2) is 6.07 Å². The summed E-state index contributed by atoms with van der Waals surface area (Å²) in [7, 11) is 0. The van der Waals surface area contributed by atoms with E-state index < -0.39 is 5.60 Å². The van der Waals surface area contributed by atoms with E-state index in [4.69, 9.17) is 11.6 Å². The normalized spacial score (nSPS) is 17.8. The average Bonchev–Trinajstić information content (AvgIpc) is 2.26. The number of aromatic nitrogens is 2. The Labute approximate surface area is 119 Å². The number of β-amino-alcohol motifs (C(OH)–C–C–N with tert-alkyl or cyclic N) is 1. The van der Waals surface area contributed by atoms with Gasteiger partial charge in [0.25, 0.3) is 0 Å².